The maximum absolute atomic E-state index is 13.7. The first-order valence-electron chi connectivity index (χ1n) is 8.71. The highest BCUT2D eigenvalue weighted by atomic mass is 19.1. The van der Waals surface area contributed by atoms with E-state index in [1.165, 1.54) is 12.1 Å². The SMILES string of the molecule is O=C(NCCc1cc(F)cc2c1OCOC2)c1ccnc(NC2CC2)c1. The lowest BCUT2D eigenvalue weighted by Crippen LogP contribution is -2.26. The molecule has 6 nitrogen and oxygen atoms in total. The number of aromatic nitrogens is 1. The van der Waals surface area contributed by atoms with Crippen molar-refractivity contribution in [3.63, 3.8) is 0 Å². The fourth-order valence-corrected chi connectivity index (χ4v) is 2.94. The Morgan fingerprint density at radius 3 is 3.04 bits per heavy atom. The van der Waals surface area contributed by atoms with E-state index in [2.05, 4.69) is 15.6 Å². The summed E-state index contributed by atoms with van der Waals surface area (Å²) in [4.78, 5) is 16.6. The standard InChI is InChI=1S/C19H20FN3O3/c20-15-7-12(18-14(8-15)10-25-11-26-18)3-6-22-19(24)13-4-5-21-17(9-13)23-16-1-2-16/h4-5,7-9,16H,1-3,6,10-11H2,(H,21,23)(H,22,24). The first-order chi connectivity index (χ1) is 12.7. The second-order valence-corrected chi connectivity index (χ2v) is 6.52. The Morgan fingerprint density at radius 1 is 1.31 bits per heavy atom. The quantitative estimate of drug-likeness (QED) is 0.832. The number of nitrogens with one attached hydrogen (secondary N) is 2. The summed E-state index contributed by atoms with van der Waals surface area (Å²) in [5, 5.41) is 6.14. The number of rotatable bonds is 6. The molecule has 0 unspecified atom stereocenters. The number of carbonyl (C=O) groups is 1. The van der Waals surface area contributed by atoms with E-state index >= 15 is 0 Å². The van der Waals surface area contributed by atoms with Crippen molar-refractivity contribution in [3.8, 4) is 5.75 Å². The Hall–Kier alpha value is -2.67. The molecule has 0 spiro atoms. The van der Waals surface area contributed by atoms with Crippen LogP contribution < -0.4 is 15.4 Å². The summed E-state index contributed by atoms with van der Waals surface area (Å²) >= 11 is 0. The molecule has 0 atom stereocenters. The summed E-state index contributed by atoms with van der Waals surface area (Å²) in [6, 6.07) is 6.77. The van der Waals surface area contributed by atoms with E-state index in [1.54, 1.807) is 18.3 Å². The van der Waals surface area contributed by atoms with Crippen molar-refractivity contribution in [2.45, 2.75) is 31.9 Å². The van der Waals surface area contributed by atoms with E-state index in [4.69, 9.17) is 9.47 Å². The molecule has 1 aromatic carbocycles. The highest BCUT2D eigenvalue weighted by Crippen LogP contribution is 2.29. The van der Waals surface area contributed by atoms with E-state index in [1.807, 2.05) is 0 Å². The van der Waals surface area contributed by atoms with Crippen molar-refractivity contribution < 1.29 is 18.7 Å². The monoisotopic (exact) mass is 357 g/mol. The van der Waals surface area contributed by atoms with E-state index < -0.39 is 0 Å². The predicted octanol–water partition coefficient (Wildman–Crippen LogP) is 2.63. The van der Waals surface area contributed by atoms with Crippen molar-refractivity contribution in [1.82, 2.24) is 10.3 Å². The van der Waals surface area contributed by atoms with Gasteiger partial charge in [-0.25, -0.2) is 9.37 Å². The van der Waals surface area contributed by atoms with Crippen LogP contribution in [0.5, 0.6) is 5.75 Å². The molecule has 26 heavy (non-hydrogen) atoms. The molecule has 136 valence electrons. The van der Waals surface area contributed by atoms with Crippen molar-refractivity contribution in [1.29, 1.82) is 0 Å². The van der Waals surface area contributed by atoms with Crippen molar-refractivity contribution in [3.05, 3.63) is 53.0 Å². The van der Waals surface area contributed by atoms with Crippen LogP contribution in [0.2, 0.25) is 0 Å². The number of benzene rings is 1. The Bertz CT molecular complexity index is 824. The topological polar surface area (TPSA) is 72.5 Å². The summed E-state index contributed by atoms with van der Waals surface area (Å²) in [5.41, 5.74) is 1.98. The average molecular weight is 357 g/mol. The van der Waals surface area contributed by atoms with Crippen molar-refractivity contribution in [2.75, 3.05) is 18.7 Å². The minimum atomic E-state index is -0.330. The lowest BCUT2D eigenvalue weighted by molar-refractivity contribution is -0.0172. The van der Waals surface area contributed by atoms with Gasteiger partial charge < -0.3 is 20.1 Å². The molecule has 0 radical (unpaired) electrons. The molecular formula is C19H20FN3O3. The summed E-state index contributed by atoms with van der Waals surface area (Å²) in [6.07, 6.45) is 4.38. The molecular weight excluding hydrogens is 337 g/mol. The number of carbonyl (C=O) groups excluding carboxylic acids is 1. The van der Waals surface area contributed by atoms with Gasteiger partial charge in [0.25, 0.3) is 5.91 Å². The van der Waals surface area contributed by atoms with E-state index in [0.717, 1.165) is 18.4 Å². The van der Waals surface area contributed by atoms with E-state index in [0.29, 0.717) is 48.3 Å². The first kappa shape index (κ1) is 16.8. The third kappa shape index (κ3) is 3.94. The third-order valence-electron chi connectivity index (χ3n) is 4.38. The summed E-state index contributed by atoms with van der Waals surface area (Å²) in [6.45, 7) is 0.874. The first-order valence-corrected chi connectivity index (χ1v) is 8.71. The fourth-order valence-electron chi connectivity index (χ4n) is 2.94. The molecule has 4 rings (SSSR count). The van der Waals surface area contributed by atoms with Crippen LogP contribution in [0, 0.1) is 5.82 Å². The third-order valence-corrected chi connectivity index (χ3v) is 4.38. The Morgan fingerprint density at radius 2 is 2.19 bits per heavy atom. The van der Waals surface area contributed by atoms with Gasteiger partial charge in [-0.2, -0.15) is 0 Å². The molecule has 2 aromatic rings. The van der Waals surface area contributed by atoms with Gasteiger partial charge in [0.2, 0.25) is 0 Å². The minimum Gasteiger partial charge on any atom is -0.467 e. The van der Waals surface area contributed by atoms with E-state index in [-0.39, 0.29) is 18.5 Å². The lowest BCUT2D eigenvalue weighted by Gasteiger charge is -2.21. The van der Waals surface area contributed by atoms with Gasteiger partial charge in [0.1, 0.15) is 17.4 Å². The number of nitrogens with zero attached hydrogens (tertiary/aromatic N) is 1. The molecule has 1 aliphatic heterocycles. The van der Waals surface area contributed by atoms with Crippen LogP contribution in [0.4, 0.5) is 10.2 Å². The largest absolute Gasteiger partial charge is 0.467 e. The Labute approximate surface area is 150 Å². The smallest absolute Gasteiger partial charge is 0.251 e. The Balaban J connectivity index is 1.37. The highest BCUT2D eigenvalue weighted by molar-refractivity contribution is 5.94. The molecule has 0 bridgehead atoms. The molecule has 0 saturated heterocycles. The van der Waals surface area contributed by atoms with Gasteiger partial charge >= 0.3 is 0 Å². The highest BCUT2D eigenvalue weighted by Gasteiger charge is 2.21. The number of amides is 1. The number of hydrogen-bond acceptors (Lipinski definition) is 5. The average Bonchev–Trinajstić information content (AvgIpc) is 3.45. The normalized spacial score (nSPS) is 15.7. The zero-order valence-electron chi connectivity index (χ0n) is 14.3. The number of hydrogen-bond donors (Lipinski definition) is 2. The molecule has 2 aliphatic rings. The van der Waals surface area contributed by atoms with Gasteiger partial charge in [-0.15, -0.1) is 0 Å². The second kappa shape index (κ2) is 7.29. The molecule has 1 fully saturated rings. The van der Waals surface area contributed by atoms with E-state index in [9.17, 15) is 9.18 Å². The number of pyridine rings is 1. The van der Waals surface area contributed by atoms with Gasteiger partial charge in [0.05, 0.1) is 6.61 Å². The minimum absolute atomic E-state index is 0.159. The van der Waals surface area contributed by atoms with Crippen LogP contribution in [0.1, 0.15) is 34.3 Å². The number of ether oxygens (including phenoxy) is 2. The molecule has 1 aliphatic carbocycles. The van der Waals surface area contributed by atoms with Gasteiger partial charge in [-0.05, 0) is 49.1 Å². The number of halogens is 1. The zero-order valence-corrected chi connectivity index (χ0v) is 14.3. The van der Waals surface area contributed by atoms with Crippen molar-refractivity contribution >= 4 is 11.7 Å². The lowest BCUT2D eigenvalue weighted by atomic mass is 10.1. The summed E-state index contributed by atoms with van der Waals surface area (Å²) in [7, 11) is 0. The molecule has 2 heterocycles. The molecule has 1 amide bonds. The molecule has 1 aromatic heterocycles. The van der Waals surface area contributed by atoms with Crippen LogP contribution in [-0.2, 0) is 17.8 Å². The summed E-state index contributed by atoms with van der Waals surface area (Å²) < 4.78 is 24.4. The number of anilines is 1. The molecule has 2 N–H and O–H groups in total. The summed E-state index contributed by atoms with van der Waals surface area (Å²) in [5.74, 6) is 0.865. The predicted molar refractivity (Wildman–Crippen MR) is 93.6 cm³/mol. The molecule has 7 heteroatoms. The van der Waals surface area contributed by atoms with Crippen molar-refractivity contribution in [2.24, 2.45) is 0 Å². The van der Waals surface area contributed by atoms with Gasteiger partial charge in [-0.3, -0.25) is 4.79 Å². The van der Waals surface area contributed by atoms with Crippen LogP contribution in [0.3, 0.4) is 0 Å². The van der Waals surface area contributed by atoms with Gasteiger partial charge in [0, 0.05) is 29.9 Å². The number of fused-ring (bicyclic) bond motifs is 1. The van der Waals surface area contributed by atoms with Gasteiger partial charge in [0.15, 0.2) is 6.79 Å². The van der Waals surface area contributed by atoms with Crippen LogP contribution >= 0.6 is 0 Å². The van der Waals surface area contributed by atoms with Gasteiger partial charge in [-0.1, -0.05) is 0 Å². The maximum Gasteiger partial charge on any atom is 0.251 e. The fraction of sp³-hybridized carbons (Fsp3) is 0.368. The Kier molecular flexibility index (Phi) is 4.71. The maximum atomic E-state index is 13.7. The second-order valence-electron chi connectivity index (χ2n) is 6.52. The molecule has 1 saturated carbocycles. The van der Waals surface area contributed by atoms with Crippen LogP contribution in [0.15, 0.2) is 30.5 Å². The van der Waals surface area contributed by atoms with Crippen LogP contribution in [-0.4, -0.2) is 30.3 Å². The zero-order chi connectivity index (χ0) is 17.9. The van der Waals surface area contributed by atoms with Crippen LogP contribution in [0.25, 0.3) is 0 Å².